The van der Waals surface area contributed by atoms with Crippen LogP contribution in [0.5, 0.6) is 0 Å². The maximum Gasteiger partial charge on any atom is 0.137 e. The molecule has 0 radical (unpaired) electrons. The van der Waals surface area contributed by atoms with Crippen molar-refractivity contribution in [3.63, 3.8) is 0 Å². The quantitative estimate of drug-likeness (QED) is 0.750. The highest BCUT2D eigenvalue weighted by molar-refractivity contribution is 5.85. The summed E-state index contributed by atoms with van der Waals surface area (Å²) < 4.78 is 5.99. The molecule has 0 unspecified atom stereocenters. The summed E-state index contributed by atoms with van der Waals surface area (Å²) in [5, 5.41) is 4.49. The Bertz CT molecular complexity index is 710. The van der Waals surface area contributed by atoms with E-state index < -0.39 is 0 Å². The van der Waals surface area contributed by atoms with Gasteiger partial charge in [0.25, 0.3) is 0 Å². The Morgan fingerprint density at radius 1 is 1.05 bits per heavy atom. The zero-order valence-electron chi connectivity index (χ0n) is 11.9. The van der Waals surface area contributed by atoms with Crippen LogP contribution in [0.1, 0.15) is 18.1 Å². The molecule has 0 atom stereocenters. The van der Waals surface area contributed by atoms with Crippen molar-refractivity contribution < 1.29 is 4.42 Å². The average molecular weight is 265 g/mol. The van der Waals surface area contributed by atoms with Gasteiger partial charge in [-0.3, -0.25) is 0 Å². The van der Waals surface area contributed by atoms with Crippen molar-refractivity contribution in [2.45, 2.75) is 20.4 Å². The molecule has 0 fully saturated rings. The van der Waals surface area contributed by atoms with E-state index in [4.69, 9.17) is 4.42 Å². The second kappa shape index (κ2) is 5.51. The highest BCUT2D eigenvalue weighted by Crippen LogP contribution is 2.29. The molecule has 0 aliphatic rings. The van der Waals surface area contributed by atoms with Crippen molar-refractivity contribution in [3.8, 4) is 11.3 Å². The molecule has 3 aromatic rings. The molecule has 0 aliphatic heterocycles. The van der Waals surface area contributed by atoms with Gasteiger partial charge >= 0.3 is 0 Å². The number of rotatable bonds is 4. The number of furan rings is 1. The van der Waals surface area contributed by atoms with Crippen LogP contribution in [0.15, 0.2) is 52.9 Å². The highest BCUT2D eigenvalue weighted by atomic mass is 16.3. The number of hydrogen-bond acceptors (Lipinski definition) is 2. The SMILES string of the molecule is CCNCc1ccc(-c2cc3cccc(C)c3o2)cc1. The summed E-state index contributed by atoms with van der Waals surface area (Å²) in [5.74, 6) is 0.935. The zero-order valence-corrected chi connectivity index (χ0v) is 11.9. The van der Waals surface area contributed by atoms with Crippen LogP contribution in [-0.2, 0) is 6.54 Å². The number of hydrogen-bond donors (Lipinski definition) is 1. The molecule has 3 rings (SSSR count). The molecule has 1 heterocycles. The molecule has 0 saturated heterocycles. The lowest BCUT2D eigenvalue weighted by Gasteiger charge is -2.03. The second-order valence-electron chi connectivity index (χ2n) is 5.08. The van der Waals surface area contributed by atoms with Crippen molar-refractivity contribution >= 4 is 11.0 Å². The van der Waals surface area contributed by atoms with E-state index >= 15 is 0 Å². The van der Waals surface area contributed by atoms with Gasteiger partial charge in [-0.15, -0.1) is 0 Å². The van der Waals surface area contributed by atoms with Crippen LogP contribution in [0.4, 0.5) is 0 Å². The maximum atomic E-state index is 5.99. The molecule has 0 aliphatic carbocycles. The monoisotopic (exact) mass is 265 g/mol. The first-order valence-corrected chi connectivity index (χ1v) is 7.07. The van der Waals surface area contributed by atoms with Gasteiger partial charge in [0.05, 0.1) is 0 Å². The average Bonchev–Trinajstić information content (AvgIpc) is 2.91. The minimum absolute atomic E-state index is 0.913. The fraction of sp³-hybridized carbons (Fsp3) is 0.222. The normalized spacial score (nSPS) is 11.1. The Labute approximate surface area is 119 Å². The number of fused-ring (bicyclic) bond motifs is 1. The first-order valence-electron chi connectivity index (χ1n) is 7.07. The minimum atomic E-state index is 0.913. The van der Waals surface area contributed by atoms with Gasteiger partial charge in [-0.1, -0.05) is 49.4 Å². The molecule has 0 amide bonds. The van der Waals surface area contributed by atoms with E-state index in [9.17, 15) is 0 Å². The van der Waals surface area contributed by atoms with Gasteiger partial charge < -0.3 is 9.73 Å². The molecule has 2 aromatic carbocycles. The van der Waals surface area contributed by atoms with Crippen LogP contribution in [-0.4, -0.2) is 6.54 Å². The van der Waals surface area contributed by atoms with Crippen LogP contribution in [0, 0.1) is 6.92 Å². The van der Waals surface area contributed by atoms with Gasteiger partial charge in [-0.25, -0.2) is 0 Å². The molecule has 2 heteroatoms. The van der Waals surface area contributed by atoms with Crippen LogP contribution in [0.25, 0.3) is 22.3 Å². The van der Waals surface area contributed by atoms with Crippen LogP contribution < -0.4 is 5.32 Å². The lowest BCUT2D eigenvalue weighted by atomic mass is 10.1. The highest BCUT2D eigenvalue weighted by Gasteiger charge is 2.07. The van der Waals surface area contributed by atoms with Gasteiger partial charge in [-0.2, -0.15) is 0 Å². The summed E-state index contributed by atoms with van der Waals surface area (Å²) in [6, 6.07) is 16.9. The van der Waals surface area contributed by atoms with Gasteiger partial charge in [0.15, 0.2) is 0 Å². The number of aryl methyl sites for hydroxylation is 1. The Morgan fingerprint density at radius 3 is 2.55 bits per heavy atom. The van der Waals surface area contributed by atoms with E-state index in [1.54, 1.807) is 0 Å². The third-order valence-corrected chi connectivity index (χ3v) is 3.56. The fourth-order valence-corrected chi connectivity index (χ4v) is 2.41. The van der Waals surface area contributed by atoms with E-state index in [0.717, 1.165) is 35.4 Å². The molecule has 0 saturated carbocycles. The summed E-state index contributed by atoms with van der Waals surface area (Å²) in [5.41, 5.74) is 4.58. The van der Waals surface area contributed by atoms with Crippen molar-refractivity contribution in [2.75, 3.05) is 6.54 Å². The van der Waals surface area contributed by atoms with Crippen LogP contribution in [0.3, 0.4) is 0 Å². The third kappa shape index (κ3) is 2.47. The smallest absolute Gasteiger partial charge is 0.137 e. The van der Waals surface area contributed by atoms with Crippen molar-refractivity contribution in [1.82, 2.24) is 5.32 Å². The van der Waals surface area contributed by atoms with Gasteiger partial charge in [0.1, 0.15) is 11.3 Å². The molecular weight excluding hydrogens is 246 g/mol. The molecule has 20 heavy (non-hydrogen) atoms. The zero-order chi connectivity index (χ0) is 13.9. The predicted octanol–water partition coefficient (Wildman–Crippen LogP) is 4.52. The first-order chi connectivity index (χ1) is 9.78. The predicted molar refractivity (Wildman–Crippen MR) is 83.8 cm³/mol. The van der Waals surface area contributed by atoms with Gasteiger partial charge in [0.2, 0.25) is 0 Å². The molecule has 0 bridgehead atoms. The number of nitrogens with one attached hydrogen (secondary N) is 1. The standard InChI is InChI=1S/C18H19NO/c1-3-19-12-14-7-9-15(10-8-14)17-11-16-6-4-5-13(2)18(16)20-17/h4-11,19H,3,12H2,1-2H3. The minimum Gasteiger partial charge on any atom is -0.456 e. The van der Waals surface area contributed by atoms with E-state index in [1.807, 2.05) is 0 Å². The summed E-state index contributed by atoms with van der Waals surface area (Å²) in [6.07, 6.45) is 0. The fourth-order valence-electron chi connectivity index (χ4n) is 2.41. The van der Waals surface area contributed by atoms with E-state index in [0.29, 0.717) is 0 Å². The van der Waals surface area contributed by atoms with E-state index in [2.05, 4.69) is 67.7 Å². The van der Waals surface area contributed by atoms with Crippen molar-refractivity contribution in [3.05, 3.63) is 59.7 Å². The summed E-state index contributed by atoms with van der Waals surface area (Å²) in [4.78, 5) is 0. The van der Waals surface area contributed by atoms with Gasteiger partial charge in [-0.05, 0) is 30.7 Å². The van der Waals surface area contributed by atoms with Crippen molar-refractivity contribution in [2.24, 2.45) is 0 Å². The van der Waals surface area contributed by atoms with Crippen LogP contribution >= 0.6 is 0 Å². The largest absolute Gasteiger partial charge is 0.456 e. The van der Waals surface area contributed by atoms with Gasteiger partial charge in [0, 0.05) is 17.5 Å². The summed E-state index contributed by atoms with van der Waals surface area (Å²) >= 11 is 0. The number of benzene rings is 2. The Hall–Kier alpha value is -2.06. The number of para-hydroxylation sites is 1. The lowest BCUT2D eigenvalue weighted by molar-refractivity contribution is 0.629. The molecular formula is C18H19NO. The maximum absolute atomic E-state index is 5.99. The molecule has 1 N–H and O–H groups in total. The summed E-state index contributed by atoms with van der Waals surface area (Å²) in [7, 11) is 0. The van der Waals surface area contributed by atoms with E-state index in [1.165, 1.54) is 11.1 Å². The molecule has 1 aromatic heterocycles. The molecule has 0 spiro atoms. The molecule has 2 nitrogen and oxygen atoms in total. The topological polar surface area (TPSA) is 25.2 Å². The Balaban J connectivity index is 1.92. The Kier molecular flexibility index (Phi) is 3.57. The van der Waals surface area contributed by atoms with E-state index in [-0.39, 0.29) is 0 Å². The second-order valence-corrected chi connectivity index (χ2v) is 5.08. The molecule has 102 valence electrons. The van der Waals surface area contributed by atoms with Crippen molar-refractivity contribution in [1.29, 1.82) is 0 Å². The first kappa shape index (κ1) is 12.9. The summed E-state index contributed by atoms with van der Waals surface area (Å²) in [6.45, 7) is 6.10. The third-order valence-electron chi connectivity index (χ3n) is 3.56. The lowest BCUT2D eigenvalue weighted by Crippen LogP contribution is -2.11. The van der Waals surface area contributed by atoms with Crippen LogP contribution in [0.2, 0.25) is 0 Å². The Morgan fingerprint density at radius 2 is 1.85 bits per heavy atom.